The molecule has 1 fully saturated rings. The lowest BCUT2D eigenvalue weighted by molar-refractivity contribution is 0.243. The first kappa shape index (κ1) is 7.86. The van der Waals surface area contributed by atoms with Crippen molar-refractivity contribution < 1.29 is 0 Å². The lowest BCUT2D eigenvalue weighted by Crippen LogP contribution is -2.21. The van der Waals surface area contributed by atoms with Crippen molar-refractivity contribution in [2.75, 3.05) is 0 Å². The van der Waals surface area contributed by atoms with Crippen LogP contribution in [-0.2, 0) is 0 Å². The quantitative estimate of drug-likeness (QED) is 0.571. The van der Waals surface area contributed by atoms with E-state index in [0.717, 1.165) is 24.7 Å². The summed E-state index contributed by atoms with van der Waals surface area (Å²) in [5.41, 5.74) is 0.454. The molecule has 2 aliphatic rings. The molecule has 3 atom stereocenters. The van der Waals surface area contributed by atoms with Crippen molar-refractivity contribution in [3.63, 3.8) is 0 Å². The van der Waals surface area contributed by atoms with E-state index in [-0.39, 0.29) is 0 Å². The minimum absolute atomic E-state index is 0.454. The minimum atomic E-state index is 0.454. The van der Waals surface area contributed by atoms with Crippen LogP contribution in [0.25, 0.3) is 0 Å². The molecule has 0 aromatic carbocycles. The predicted octanol–water partition coefficient (Wildman–Crippen LogP) is 2.89. The molecule has 1 saturated carbocycles. The lowest BCUT2D eigenvalue weighted by Gasteiger charge is -2.30. The average molecular weight is 161 g/mol. The molecule has 0 N–H and O–H groups in total. The minimum Gasteiger partial charge on any atom is -0.198 e. The van der Waals surface area contributed by atoms with Crippen molar-refractivity contribution in [2.24, 2.45) is 17.3 Å². The Morgan fingerprint density at radius 2 is 2.42 bits per heavy atom. The molecule has 0 heterocycles. The standard InChI is InChI=1S/C11H15N/c1-11(5-2-6-12)8-9-3-4-10(11)7-9/h3-4,9-10H,2,5,7-8H2,1H3. The van der Waals surface area contributed by atoms with Crippen molar-refractivity contribution in [2.45, 2.75) is 32.6 Å². The third-order valence-corrected chi connectivity index (χ3v) is 3.60. The first-order chi connectivity index (χ1) is 5.74. The van der Waals surface area contributed by atoms with Gasteiger partial charge in [-0.15, -0.1) is 0 Å². The lowest BCUT2D eigenvalue weighted by atomic mass is 9.74. The molecule has 0 amide bonds. The fourth-order valence-corrected chi connectivity index (χ4v) is 2.82. The van der Waals surface area contributed by atoms with Crippen molar-refractivity contribution >= 4 is 0 Å². The third-order valence-electron chi connectivity index (χ3n) is 3.60. The summed E-state index contributed by atoms with van der Waals surface area (Å²) in [6.45, 7) is 2.35. The molecule has 0 aromatic heterocycles. The molecule has 0 aliphatic heterocycles. The molecule has 0 aromatic rings. The Balaban J connectivity index is 2.04. The molecule has 64 valence electrons. The Hall–Kier alpha value is -0.770. The van der Waals surface area contributed by atoms with Crippen LogP contribution in [0.2, 0.25) is 0 Å². The van der Waals surface area contributed by atoms with Crippen LogP contribution in [-0.4, -0.2) is 0 Å². The maximum absolute atomic E-state index is 8.54. The van der Waals surface area contributed by atoms with Gasteiger partial charge in [0.2, 0.25) is 0 Å². The van der Waals surface area contributed by atoms with Crippen molar-refractivity contribution in [1.29, 1.82) is 5.26 Å². The first-order valence-electron chi connectivity index (χ1n) is 4.80. The maximum atomic E-state index is 8.54. The van der Waals surface area contributed by atoms with Crippen LogP contribution in [0.15, 0.2) is 12.2 Å². The number of nitrogens with zero attached hydrogens (tertiary/aromatic N) is 1. The van der Waals surface area contributed by atoms with Gasteiger partial charge in [-0.25, -0.2) is 0 Å². The molecule has 0 spiro atoms. The summed E-state index contributed by atoms with van der Waals surface area (Å²) in [6, 6.07) is 2.26. The van der Waals surface area contributed by atoms with E-state index in [0.29, 0.717) is 5.41 Å². The molecule has 12 heavy (non-hydrogen) atoms. The van der Waals surface area contributed by atoms with Crippen molar-refractivity contribution in [1.82, 2.24) is 0 Å². The highest BCUT2D eigenvalue weighted by Gasteiger charge is 2.44. The van der Waals surface area contributed by atoms with E-state index < -0.39 is 0 Å². The molecule has 0 saturated heterocycles. The van der Waals surface area contributed by atoms with E-state index >= 15 is 0 Å². The Bertz CT molecular complexity index is 248. The molecular weight excluding hydrogens is 146 g/mol. The number of allylic oxidation sites excluding steroid dienone is 2. The van der Waals surface area contributed by atoms with Gasteiger partial charge in [0, 0.05) is 6.42 Å². The normalized spacial score (nSPS) is 43.3. The molecule has 1 nitrogen and oxygen atoms in total. The van der Waals surface area contributed by atoms with Gasteiger partial charge < -0.3 is 0 Å². The Labute approximate surface area is 74.1 Å². The van der Waals surface area contributed by atoms with Gasteiger partial charge in [0.15, 0.2) is 0 Å². The topological polar surface area (TPSA) is 23.8 Å². The SMILES string of the molecule is CC1(CCC#N)CC2C=CC1C2. The van der Waals surface area contributed by atoms with E-state index in [1.54, 1.807) is 0 Å². The third kappa shape index (κ3) is 1.06. The number of hydrogen-bond donors (Lipinski definition) is 0. The molecule has 3 unspecified atom stereocenters. The zero-order valence-electron chi connectivity index (χ0n) is 7.59. The van der Waals surface area contributed by atoms with E-state index in [9.17, 15) is 0 Å². The molecule has 2 aliphatic carbocycles. The van der Waals surface area contributed by atoms with Gasteiger partial charge in [-0.1, -0.05) is 19.1 Å². The molecule has 1 heteroatoms. The number of fused-ring (bicyclic) bond motifs is 2. The second-order valence-electron chi connectivity index (χ2n) is 4.50. The van der Waals surface area contributed by atoms with E-state index in [1.165, 1.54) is 12.8 Å². The summed E-state index contributed by atoms with van der Waals surface area (Å²) < 4.78 is 0. The first-order valence-corrected chi connectivity index (χ1v) is 4.80. The highest BCUT2D eigenvalue weighted by atomic mass is 14.5. The zero-order valence-corrected chi connectivity index (χ0v) is 7.59. The van der Waals surface area contributed by atoms with Crippen LogP contribution in [0.5, 0.6) is 0 Å². The fraction of sp³-hybridized carbons (Fsp3) is 0.727. The molecule has 2 bridgehead atoms. The summed E-state index contributed by atoms with van der Waals surface area (Å²) in [4.78, 5) is 0. The smallest absolute Gasteiger partial charge is 0.0621 e. The van der Waals surface area contributed by atoms with Gasteiger partial charge >= 0.3 is 0 Å². The monoisotopic (exact) mass is 161 g/mol. The van der Waals surface area contributed by atoms with Crippen LogP contribution < -0.4 is 0 Å². The van der Waals surface area contributed by atoms with Crippen LogP contribution in [0.4, 0.5) is 0 Å². The number of nitriles is 1. The van der Waals surface area contributed by atoms with Gasteiger partial charge in [0.25, 0.3) is 0 Å². The van der Waals surface area contributed by atoms with Gasteiger partial charge in [0.1, 0.15) is 0 Å². The van der Waals surface area contributed by atoms with E-state index in [4.69, 9.17) is 5.26 Å². The Kier molecular flexibility index (Phi) is 1.72. The Morgan fingerprint density at radius 3 is 2.92 bits per heavy atom. The molecular formula is C11H15N. The second-order valence-corrected chi connectivity index (χ2v) is 4.50. The highest BCUT2D eigenvalue weighted by Crippen LogP contribution is 2.54. The van der Waals surface area contributed by atoms with Gasteiger partial charge in [-0.05, 0) is 36.5 Å². The molecule has 2 rings (SSSR count). The zero-order chi connectivity index (χ0) is 8.60. The summed E-state index contributed by atoms with van der Waals surface area (Å²) in [7, 11) is 0. The van der Waals surface area contributed by atoms with Gasteiger partial charge in [-0.2, -0.15) is 5.26 Å². The average Bonchev–Trinajstić information content (AvgIpc) is 2.60. The maximum Gasteiger partial charge on any atom is 0.0621 e. The molecule has 0 radical (unpaired) electrons. The Morgan fingerprint density at radius 1 is 1.58 bits per heavy atom. The summed E-state index contributed by atoms with van der Waals surface area (Å²) in [5.74, 6) is 1.61. The predicted molar refractivity (Wildman–Crippen MR) is 48.3 cm³/mol. The number of rotatable bonds is 2. The van der Waals surface area contributed by atoms with Crippen LogP contribution in [0, 0.1) is 28.6 Å². The van der Waals surface area contributed by atoms with Crippen molar-refractivity contribution in [3.05, 3.63) is 12.2 Å². The summed E-state index contributed by atoms with van der Waals surface area (Å²) >= 11 is 0. The van der Waals surface area contributed by atoms with Gasteiger partial charge in [0.05, 0.1) is 6.07 Å². The summed E-state index contributed by atoms with van der Waals surface area (Å²) in [6.07, 6.45) is 9.21. The summed E-state index contributed by atoms with van der Waals surface area (Å²) in [5, 5.41) is 8.54. The van der Waals surface area contributed by atoms with E-state index in [1.807, 2.05) is 0 Å². The van der Waals surface area contributed by atoms with Crippen LogP contribution in [0.3, 0.4) is 0 Å². The second kappa shape index (κ2) is 2.62. The largest absolute Gasteiger partial charge is 0.198 e. The van der Waals surface area contributed by atoms with Crippen LogP contribution >= 0.6 is 0 Å². The van der Waals surface area contributed by atoms with Crippen LogP contribution in [0.1, 0.15) is 32.6 Å². The number of hydrogen-bond acceptors (Lipinski definition) is 1. The highest BCUT2D eigenvalue weighted by molar-refractivity contribution is 5.14. The van der Waals surface area contributed by atoms with Gasteiger partial charge in [-0.3, -0.25) is 0 Å². The fourth-order valence-electron chi connectivity index (χ4n) is 2.82. The van der Waals surface area contributed by atoms with Crippen molar-refractivity contribution in [3.8, 4) is 6.07 Å². The van der Waals surface area contributed by atoms with E-state index in [2.05, 4.69) is 25.1 Å².